The number of esters is 1. The Morgan fingerprint density at radius 1 is 1.42 bits per heavy atom. The first-order valence-corrected chi connectivity index (χ1v) is 5.35. The Labute approximate surface area is 108 Å². The van der Waals surface area contributed by atoms with E-state index < -0.39 is 28.7 Å². The van der Waals surface area contributed by atoms with Crippen molar-refractivity contribution in [2.75, 3.05) is 13.7 Å². The summed E-state index contributed by atoms with van der Waals surface area (Å²) in [4.78, 5) is 11.3. The predicted molar refractivity (Wildman–Crippen MR) is 63.1 cm³/mol. The highest BCUT2D eigenvalue weighted by Gasteiger charge is 2.15. The van der Waals surface area contributed by atoms with Crippen LogP contribution in [-0.2, 0) is 9.53 Å². The van der Waals surface area contributed by atoms with Crippen LogP contribution in [0.4, 0.5) is 8.78 Å². The Hall–Kier alpha value is -2.42. The zero-order valence-corrected chi connectivity index (χ0v) is 10.4. The standard InChI is InChI=1S/C13H11F2NO3/c1-3-19-13(17)8(7-16)4-10-11(14)5-9(18-2)6-12(10)15/h4-6H,3H2,1-2H3/b8-4-. The van der Waals surface area contributed by atoms with Crippen LogP contribution in [0.25, 0.3) is 6.08 Å². The summed E-state index contributed by atoms with van der Waals surface area (Å²) in [5.41, 5.74) is -0.977. The lowest BCUT2D eigenvalue weighted by atomic mass is 10.1. The normalized spacial score (nSPS) is 10.8. The van der Waals surface area contributed by atoms with Crippen molar-refractivity contribution in [1.82, 2.24) is 0 Å². The maximum Gasteiger partial charge on any atom is 0.348 e. The van der Waals surface area contributed by atoms with Gasteiger partial charge in [0.2, 0.25) is 0 Å². The number of ether oxygens (including phenoxy) is 2. The lowest BCUT2D eigenvalue weighted by Gasteiger charge is -2.05. The molecule has 0 aliphatic carbocycles. The molecule has 0 aliphatic rings. The number of hydrogen-bond acceptors (Lipinski definition) is 4. The molecule has 4 nitrogen and oxygen atoms in total. The Morgan fingerprint density at radius 2 is 2.00 bits per heavy atom. The number of benzene rings is 1. The summed E-state index contributed by atoms with van der Waals surface area (Å²) in [6, 6.07) is 3.45. The van der Waals surface area contributed by atoms with Gasteiger partial charge in [-0.2, -0.15) is 5.26 Å². The first-order valence-electron chi connectivity index (χ1n) is 5.35. The molecule has 0 spiro atoms. The van der Waals surface area contributed by atoms with Crippen molar-refractivity contribution in [3.8, 4) is 11.8 Å². The number of nitrogens with zero attached hydrogens (tertiary/aromatic N) is 1. The van der Waals surface area contributed by atoms with Crippen LogP contribution in [0.5, 0.6) is 5.75 Å². The minimum Gasteiger partial charge on any atom is -0.497 e. The van der Waals surface area contributed by atoms with E-state index in [0.717, 1.165) is 18.2 Å². The zero-order chi connectivity index (χ0) is 14.4. The molecule has 0 saturated carbocycles. The van der Waals surface area contributed by atoms with E-state index in [0.29, 0.717) is 0 Å². The van der Waals surface area contributed by atoms with E-state index in [4.69, 9.17) is 10.00 Å². The molecular weight excluding hydrogens is 256 g/mol. The van der Waals surface area contributed by atoms with E-state index in [1.807, 2.05) is 0 Å². The molecule has 0 bridgehead atoms. The van der Waals surface area contributed by atoms with Gasteiger partial charge in [-0.15, -0.1) is 0 Å². The third-order valence-corrected chi connectivity index (χ3v) is 2.19. The Bertz CT molecular complexity index is 538. The Balaban J connectivity index is 3.23. The summed E-state index contributed by atoms with van der Waals surface area (Å²) in [6.45, 7) is 1.62. The number of carbonyl (C=O) groups is 1. The molecule has 0 aliphatic heterocycles. The van der Waals surface area contributed by atoms with Gasteiger partial charge in [0.25, 0.3) is 0 Å². The molecular formula is C13H11F2NO3. The van der Waals surface area contributed by atoms with Crippen molar-refractivity contribution in [2.45, 2.75) is 6.92 Å². The van der Waals surface area contributed by atoms with Gasteiger partial charge in [0.05, 0.1) is 13.7 Å². The fraction of sp³-hybridized carbons (Fsp3) is 0.231. The predicted octanol–water partition coefficient (Wildman–Crippen LogP) is 2.44. The minimum atomic E-state index is -0.936. The third-order valence-electron chi connectivity index (χ3n) is 2.19. The quantitative estimate of drug-likeness (QED) is 0.477. The zero-order valence-electron chi connectivity index (χ0n) is 10.4. The van der Waals surface area contributed by atoms with Crippen LogP contribution in [-0.4, -0.2) is 19.7 Å². The van der Waals surface area contributed by atoms with Crippen molar-refractivity contribution < 1.29 is 23.0 Å². The number of methoxy groups -OCH3 is 1. The summed E-state index contributed by atoms with van der Waals surface area (Å²) in [7, 11) is 1.27. The van der Waals surface area contributed by atoms with Gasteiger partial charge in [-0.25, -0.2) is 13.6 Å². The van der Waals surface area contributed by atoms with E-state index in [1.165, 1.54) is 7.11 Å². The third kappa shape index (κ3) is 3.52. The van der Waals surface area contributed by atoms with E-state index in [2.05, 4.69) is 4.74 Å². The smallest absolute Gasteiger partial charge is 0.348 e. The van der Waals surface area contributed by atoms with Gasteiger partial charge < -0.3 is 9.47 Å². The molecule has 0 fully saturated rings. The molecule has 0 N–H and O–H groups in total. The van der Waals surface area contributed by atoms with Gasteiger partial charge in [-0.3, -0.25) is 0 Å². The first kappa shape index (κ1) is 14.6. The second-order valence-corrected chi connectivity index (χ2v) is 3.40. The monoisotopic (exact) mass is 267 g/mol. The first-order chi connectivity index (χ1) is 9.03. The van der Waals surface area contributed by atoms with Crippen molar-refractivity contribution in [3.63, 3.8) is 0 Å². The maximum absolute atomic E-state index is 13.6. The second-order valence-electron chi connectivity index (χ2n) is 3.40. The van der Waals surface area contributed by atoms with Crippen molar-refractivity contribution >= 4 is 12.0 Å². The Kier molecular flexibility index (Phi) is 5.01. The van der Waals surface area contributed by atoms with Crippen LogP contribution < -0.4 is 4.74 Å². The molecule has 1 aromatic rings. The number of rotatable bonds is 4. The summed E-state index contributed by atoms with van der Waals surface area (Å²) in [5, 5.41) is 8.78. The van der Waals surface area contributed by atoms with E-state index in [9.17, 15) is 13.6 Å². The number of carbonyl (C=O) groups excluding carboxylic acids is 1. The fourth-order valence-corrected chi connectivity index (χ4v) is 1.31. The van der Waals surface area contributed by atoms with Gasteiger partial charge in [-0.05, 0) is 13.0 Å². The highest BCUT2D eigenvalue weighted by molar-refractivity contribution is 5.97. The number of halogens is 2. The van der Waals surface area contributed by atoms with Crippen LogP contribution in [0.15, 0.2) is 17.7 Å². The minimum absolute atomic E-state index is 0.00166. The highest BCUT2D eigenvalue weighted by Crippen LogP contribution is 2.22. The summed E-state index contributed by atoms with van der Waals surface area (Å²) >= 11 is 0. The second kappa shape index (κ2) is 6.50. The molecule has 0 saturated heterocycles. The highest BCUT2D eigenvalue weighted by atomic mass is 19.1. The van der Waals surface area contributed by atoms with Gasteiger partial charge in [0.15, 0.2) is 0 Å². The van der Waals surface area contributed by atoms with Crippen LogP contribution >= 0.6 is 0 Å². The molecule has 1 aromatic carbocycles. The topological polar surface area (TPSA) is 59.3 Å². The number of nitriles is 1. The molecule has 0 radical (unpaired) electrons. The lowest BCUT2D eigenvalue weighted by molar-refractivity contribution is -0.137. The van der Waals surface area contributed by atoms with Crippen molar-refractivity contribution in [2.24, 2.45) is 0 Å². The molecule has 0 heterocycles. The van der Waals surface area contributed by atoms with Crippen LogP contribution in [0.1, 0.15) is 12.5 Å². The molecule has 1 rings (SSSR count). The summed E-state index contributed by atoms with van der Waals surface area (Å²) in [5.74, 6) is -2.80. The molecule has 0 atom stereocenters. The fourth-order valence-electron chi connectivity index (χ4n) is 1.31. The van der Waals surface area contributed by atoms with Gasteiger partial charge in [0, 0.05) is 17.7 Å². The van der Waals surface area contributed by atoms with Gasteiger partial charge in [0.1, 0.15) is 29.0 Å². The molecule has 100 valence electrons. The van der Waals surface area contributed by atoms with Crippen molar-refractivity contribution in [3.05, 3.63) is 34.9 Å². The molecule has 6 heteroatoms. The lowest BCUT2D eigenvalue weighted by Crippen LogP contribution is -2.06. The average Bonchev–Trinajstić information content (AvgIpc) is 2.38. The van der Waals surface area contributed by atoms with Gasteiger partial charge in [-0.1, -0.05) is 0 Å². The largest absolute Gasteiger partial charge is 0.497 e. The number of hydrogen-bond donors (Lipinski definition) is 0. The summed E-state index contributed by atoms with van der Waals surface area (Å²) in [6.07, 6.45) is 0.808. The summed E-state index contributed by atoms with van der Waals surface area (Å²) < 4.78 is 36.5. The van der Waals surface area contributed by atoms with Crippen LogP contribution in [0.2, 0.25) is 0 Å². The van der Waals surface area contributed by atoms with E-state index in [1.54, 1.807) is 13.0 Å². The Morgan fingerprint density at radius 3 is 2.42 bits per heavy atom. The molecule has 0 unspecified atom stereocenters. The van der Waals surface area contributed by atoms with E-state index >= 15 is 0 Å². The van der Waals surface area contributed by atoms with Crippen LogP contribution in [0, 0.1) is 23.0 Å². The van der Waals surface area contributed by atoms with Crippen molar-refractivity contribution in [1.29, 1.82) is 5.26 Å². The molecule has 0 amide bonds. The SMILES string of the molecule is CCOC(=O)/C(C#N)=C\c1c(F)cc(OC)cc1F. The molecule has 19 heavy (non-hydrogen) atoms. The van der Waals surface area contributed by atoms with Crippen LogP contribution in [0.3, 0.4) is 0 Å². The maximum atomic E-state index is 13.6. The average molecular weight is 267 g/mol. The van der Waals surface area contributed by atoms with E-state index in [-0.39, 0.29) is 12.4 Å². The van der Waals surface area contributed by atoms with Gasteiger partial charge >= 0.3 is 5.97 Å². The molecule has 0 aromatic heterocycles.